The Hall–Kier alpha value is -2.09. The Kier molecular flexibility index (Phi) is 3.78. The summed E-state index contributed by atoms with van der Waals surface area (Å²) in [5, 5.41) is 20.2. The van der Waals surface area contributed by atoms with Crippen LogP contribution in [0, 0.1) is 27.4 Å². The zero-order chi connectivity index (χ0) is 14.8. The zero-order valence-electron chi connectivity index (χ0n) is 12.0. The van der Waals surface area contributed by atoms with Crippen LogP contribution in [0.3, 0.4) is 0 Å². The van der Waals surface area contributed by atoms with E-state index in [1.165, 1.54) is 44.2 Å². The number of hydrogen-bond donors (Lipinski definition) is 0. The molecule has 1 heterocycles. The average Bonchev–Trinajstić information content (AvgIpc) is 3.16. The Balaban J connectivity index is 1.91. The second-order valence-electron chi connectivity index (χ2n) is 6.02. The molecule has 1 aliphatic carbocycles. The molecule has 2 aliphatic rings. The maximum atomic E-state index is 10.9. The molecule has 1 atom stereocenters. The lowest BCUT2D eigenvalue weighted by molar-refractivity contribution is -0.384. The third kappa shape index (κ3) is 2.58. The molecule has 1 aliphatic heterocycles. The fourth-order valence-corrected chi connectivity index (χ4v) is 3.90. The lowest BCUT2D eigenvalue weighted by Gasteiger charge is -2.31. The monoisotopic (exact) mass is 285 g/mol. The molecule has 0 amide bonds. The van der Waals surface area contributed by atoms with Crippen molar-refractivity contribution in [3.63, 3.8) is 0 Å². The molecule has 110 valence electrons. The van der Waals surface area contributed by atoms with Crippen molar-refractivity contribution >= 4 is 11.4 Å². The molecule has 1 saturated heterocycles. The SMILES string of the molecule is N#Cc1cc([N+](=O)[O-])ccc1N1CCCC1C1CCCC1. The van der Waals surface area contributed by atoms with E-state index in [1.54, 1.807) is 6.07 Å². The molecule has 1 aromatic rings. The molecule has 0 bridgehead atoms. The van der Waals surface area contributed by atoms with E-state index >= 15 is 0 Å². The van der Waals surface area contributed by atoms with Crippen molar-refractivity contribution in [1.82, 2.24) is 0 Å². The molecule has 1 aromatic carbocycles. The third-order valence-electron chi connectivity index (χ3n) is 4.86. The first kappa shape index (κ1) is 13.9. The van der Waals surface area contributed by atoms with E-state index in [4.69, 9.17) is 0 Å². The highest BCUT2D eigenvalue weighted by Gasteiger charge is 2.34. The number of nitrogens with zero attached hydrogens (tertiary/aromatic N) is 3. The topological polar surface area (TPSA) is 70.2 Å². The van der Waals surface area contributed by atoms with Crippen molar-refractivity contribution in [2.75, 3.05) is 11.4 Å². The van der Waals surface area contributed by atoms with Crippen LogP contribution in [-0.2, 0) is 0 Å². The van der Waals surface area contributed by atoms with E-state index < -0.39 is 4.92 Å². The van der Waals surface area contributed by atoms with Gasteiger partial charge in [0.2, 0.25) is 0 Å². The average molecular weight is 285 g/mol. The second-order valence-corrected chi connectivity index (χ2v) is 6.02. The smallest absolute Gasteiger partial charge is 0.270 e. The molecule has 0 N–H and O–H groups in total. The van der Waals surface area contributed by atoms with Crippen molar-refractivity contribution in [2.45, 2.75) is 44.6 Å². The van der Waals surface area contributed by atoms with E-state index in [0.29, 0.717) is 17.5 Å². The minimum atomic E-state index is -0.441. The van der Waals surface area contributed by atoms with Gasteiger partial charge >= 0.3 is 0 Å². The molecular formula is C16H19N3O2. The molecular weight excluding hydrogens is 266 g/mol. The summed E-state index contributed by atoms with van der Waals surface area (Å²) in [7, 11) is 0. The predicted molar refractivity (Wildman–Crippen MR) is 80.1 cm³/mol. The van der Waals surface area contributed by atoms with Crippen molar-refractivity contribution in [3.05, 3.63) is 33.9 Å². The number of nitro groups is 1. The predicted octanol–water partition coefficient (Wildman–Crippen LogP) is 3.63. The summed E-state index contributed by atoms with van der Waals surface area (Å²) in [5.74, 6) is 0.717. The number of hydrogen-bond acceptors (Lipinski definition) is 4. The maximum Gasteiger partial charge on any atom is 0.270 e. The summed E-state index contributed by atoms with van der Waals surface area (Å²) in [4.78, 5) is 12.7. The number of non-ortho nitro benzene ring substituents is 1. The van der Waals surface area contributed by atoms with Crippen LogP contribution in [0.1, 0.15) is 44.1 Å². The summed E-state index contributed by atoms with van der Waals surface area (Å²) in [6.45, 7) is 0.952. The molecule has 2 fully saturated rings. The Bertz CT molecular complexity index is 588. The number of anilines is 1. The summed E-state index contributed by atoms with van der Waals surface area (Å²) in [6.07, 6.45) is 7.47. The summed E-state index contributed by atoms with van der Waals surface area (Å²) >= 11 is 0. The zero-order valence-corrected chi connectivity index (χ0v) is 12.0. The minimum Gasteiger partial charge on any atom is -0.367 e. The maximum absolute atomic E-state index is 10.9. The Morgan fingerprint density at radius 3 is 2.67 bits per heavy atom. The van der Waals surface area contributed by atoms with Gasteiger partial charge in [0, 0.05) is 24.7 Å². The van der Waals surface area contributed by atoms with Crippen LogP contribution in [0.4, 0.5) is 11.4 Å². The van der Waals surface area contributed by atoms with Gasteiger partial charge in [-0.05, 0) is 37.7 Å². The number of nitro benzene ring substituents is 1. The van der Waals surface area contributed by atoms with E-state index in [0.717, 1.165) is 18.7 Å². The number of nitriles is 1. The van der Waals surface area contributed by atoms with Gasteiger partial charge in [-0.3, -0.25) is 10.1 Å². The fraction of sp³-hybridized carbons (Fsp3) is 0.562. The third-order valence-corrected chi connectivity index (χ3v) is 4.86. The summed E-state index contributed by atoms with van der Waals surface area (Å²) in [6, 6.07) is 7.30. The Morgan fingerprint density at radius 1 is 1.24 bits per heavy atom. The van der Waals surface area contributed by atoms with Crippen LogP contribution in [0.5, 0.6) is 0 Å². The molecule has 3 rings (SSSR count). The van der Waals surface area contributed by atoms with Gasteiger partial charge in [-0.15, -0.1) is 0 Å². The van der Waals surface area contributed by atoms with Gasteiger partial charge in [0.05, 0.1) is 16.2 Å². The van der Waals surface area contributed by atoms with Crippen molar-refractivity contribution in [3.8, 4) is 6.07 Å². The van der Waals surface area contributed by atoms with Crippen LogP contribution in [0.2, 0.25) is 0 Å². The molecule has 1 saturated carbocycles. The van der Waals surface area contributed by atoms with Crippen LogP contribution in [0.15, 0.2) is 18.2 Å². The first-order valence-electron chi connectivity index (χ1n) is 7.66. The first-order valence-corrected chi connectivity index (χ1v) is 7.66. The molecule has 21 heavy (non-hydrogen) atoms. The van der Waals surface area contributed by atoms with Gasteiger partial charge in [-0.1, -0.05) is 12.8 Å². The summed E-state index contributed by atoms with van der Waals surface area (Å²) < 4.78 is 0. The molecule has 5 nitrogen and oxygen atoms in total. The quantitative estimate of drug-likeness (QED) is 0.628. The van der Waals surface area contributed by atoms with Gasteiger partial charge in [0.25, 0.3) is 5.69 Å². The molecule has 0 radical (unpaired) electrons. The van der Waals surface area contributed by atoms with Crippen molar-refractivity contribution < 1.29 is 4.92 Å². The van der Waals surface area contributed by atoms with Crippen molar-refractivity contribution in [2.24, 2.45) is 5.92 Å². The minimum absolute atomic E-state index is 0.00749. The van der Waals surface area contributed by atoms with Gasteiger partial charge < -0.3 is 4.90 Å². The van der Waals surface area contributed by atoms with Crippen LogP contribution in [0.25, 0.3) is 0 Å². The highest BCUT2D eigenvalue weighted by Crippen LogP contribution is 2.39. The lowest BCUT2D eigenvalue weighted by Crippen LogP contribution is -2.35. The lowest BCUT2D eigenvalue weighted by atomic mass is 9.95. The summed E-state index contributed by atoms with van der Waals surface area (Å²) in [5.41, 5.74) is 1.29. The van der Waals surface area contributed by atoms with Crippen LogP contribution in [-0.4, -0.2) is 17.5 Å². The fourth-order valence-electron chi connectivity index (χ4n) is 3.90. The molecule has 0 spiro atoms. The number of benzene rings is 1. The highest BCUT2D eigenvalue weighted by atomic mass is 16.6. The van der Waals surface area contributed by atoms with Crippen molar-refractivity contribution in [1.29, 1.82) is 5.26 Å². The Labute approximate surface area is 124 Å². The molecule has 1 unspecified atom stereocenters. The standard InChI is InChI=1S/C16H19N3O2/c17-11-13-10-14(19(20)21)7-8-16(13)18-9-3-6-15(18)12-4-1-2-5-12/h7-8,10,12,15H,1-6,9H2. The molecule has 5 heteroatoms. The van der Waals surface area contributed by atoms with E-state index in [9.17, 15) is 15.4 Å². The first-order chi connectivity index (χ1) is 10.2. The van der Waals surface area contributed by atoms with Crippen LogP contribution < -0.4 is 4.90 Å². The van der Waals surface area contributed by atoms with Crippen LogP contribution >= 0.6 is 0 Å². The Morgan fingerprint density at radius 2 is 2.00 bits per heavy atom. The van der Waals surface area contributed by atoms with E-state index in [1.807, 2.05) is 0 Å². The van der Waals surface area contributed by atoms with Gasteiger partial charge in [-0.2, -0.15) is 5.26 Å². The normalized spacial score (nSPS) is 22.4. The van der Waals surface area contributed by atoms with Gasteiger partial charge in [-0.25, -0.2) is 0 Å². The molecule has 0 aromatic heterocycles. The highest BCUT2D eigenvalue weighted by molar-refractivity contribution is 5.64. The van der Waals surface area contributed by atoms with Gasteiger partial charge in [0.15, 0.2) is 0 Å². The van der Waals surface area contributed by atoms with E-state index in [-0.39, 0.29) is 5.69 Å². The second kappa shape index (κ2) is 5.72. The van der Waals surface area contributed by atoms with E-state index in [2.05, 4.69) is 11.0 Å². The largest absolute Gasteiger partial charge is 0.367 e. The van der Waals surface area contributed by atoms with Gasteiger partial charge in [0.1, 0.15) is 6.07 Å². The number of rotatable bonds is 3.